The molecule has 8 heteroatoms. The molecule has 0 radical (unpaired) electrons. The minimum absolute atomic E-state index is 0.146. The monoisotopic (exact) mass is 486 g/mol. The Morgan fingerprint density at radius 2 is 1.92 bits per heavy atom. The molecule has 0 aliphatic carbocycles. The standard InChI is InChI=1S/C11H14N2.C10H10N2O.C7H10N2O/c1-3-8(2)9-4-5-11-10(6-9)7-12-13-11;1-7-4-3-5-9(6-7)10-11-8(2)12-13-10;1-3-7(10)6-4-8-9(2)5-6/h4-8H,3H2,1-2H3,(H,12,13);3-6H,1-2H3;4-5H,3H2,1-2H3. The normalized spacial score (nSPS) is 11.3. The number of H-pyrrole nitrogens is 1. The molecule has 188 valence electrons. The van der Waals surface area contributed by atoms with Crippen LogP contribution >= 0.6 is 0 Å². The largest absolute Gasteiger partial charge is 0.334 e. The molecule has 1 unspecified atom stereocenters. The molecule has 3 aromatic heterocycles. The van der Waals surface area contributed by atoms with E-state index in [1.165, 1.54) is 22.9 Å². The lowest BCUT2D eigenvalue weighted by atomic mass is 9.98. The molecule has 0 aliphatic heterocycles. The van der Waals surface area contributed by atoms with Gasteiger partial charge in [0.15, 0.2) is 11.6 Å². The summed E-state index contributed by atoms with van der Waals surface area (Å²) in [6, 6.07) is 14.5. The van der Waals surface area contributed by atoms with Gasteiger partial charge in [-0.05, 0) is 56.0 Å². The first kappa shape index (κ1) is 26.5. The van der Waals surface area contributed by atoms with E-state index in [1.807, 2.05) is 51.2 Å². The highest BCUT2D eigenvalue weighted by Gasteiger charge is 2.06. The molecule has 2 aromatic carbocycles. The van der Waals surface area contributed by atoms with Crippen LogP contribution in [0, 0.1) is 13.8 Å². The number of hydrogen-bond donors (Lipinski definition) is 1. The van der Waals surface area contributed by atoms with Crippen LogP contribution in [0.3, 0.4) is 0 Å². The van der Waals surface area contributed by atoms with Crippen molar-refractivity contribution >= 4 is 16.7 Å². The Balaban J connectivity index is 0.000000152. The third-order valence-corrected chi connectivity index (χ3v) is 5.79. The number of ketones is 1. The highest BCUT2D eigenvalue weighted by Crippen LogP contribution is 2.22. The van der Waals surface area contributed by atoms with Crippen molar-refractivity contribution in [2.45, 2.75) is 53.4 Å². The number of nitrogens with zero attached hydrogens (tertiary/aromatic N) is 5. The zero-order chi connectivity index (χ0) is 26.1. The predicted octanol–water partition coefficient (Wildman–Crippen LogP) is 6.44. The van der Waals surface area contributed by atoms with Crippen molar-refractivity contribution < 1.29 is 9.32 Å². The zero-order valence-electron chi connectivity index (χ0n) is 21.8. The Kier molecular flexibility index (Phi) is 9.27. The van der Waals surface area contributed by atoms with E-state index in [0.717, 1.165) is 11.1 Å². The summed E-state index contributed by atoms with van der Waals surface area (Å²) in [7, 11) is 1.80. The Morgan fingerprint density at radius 3 is 2.53 bits per heavy atom. The number of hydrogen-bond acceptors (Lipinski definition) is 6. The summed E-state index contributed by atoms with van der Waals surface area (Å²) in [5.74, 6) is 2.03. The van der Waals surface area contributed by atoms with Crippen LogP contribution < -0.4 is 0 Å². The molecule has 36 heavy (non-hydrogen) atoms. The van der Waals surface area contributed by atoms with Crippen LogP contribution in [0.2, 0.25) is 0 Å². The number of Topliss-reactive ketones (excluding diaryl/α,β-unsaturated/α-hetero) is 1. The maximum Gasteiger partial charge on any atom is 0.257 e. The minimum Gasteiger partial charge on any atom is -0.334 e. The minimum atomic E-state index is 0.146. The maximum absolute atomic E-state index is 11.0. The molecule has 0 bridgehead atoms. The van der Waals surface area contributed by atoms with Gasteiger partial charge in [0.05, 0.1) is 23.5 Å². The van der Waals surface area contributed by atoms with E-state index < -0.39 is 0 Å². The van der Waals surface area contributed by atoms with Gasteiger partial charge in [-0.1, -0.05) is 49.7 Å². The number of fused-ring (bicyclic) bond motifs is 1. The summed E-state index contributed by atoms with van der Waals surface area (Å²) < 4.78 is 6.67. The summed E-state index contributed by atoms with van der Waals surface area (Å²) >= 11 is 0. The van der Waals surface area contributed by atoms with Crippen LogP contribution in [-0.4, -0.2) is 35.9 Å². The van der Waals surface area contributed by atoms with E-state index in [-0.39, 0.29) is 5.78 Å². The lowest BCUT2D eigenvalue weighted by molar-refractivity contribution is 0.0988. The molecule has 0 fully saturated rings. The smallest absolute Gasteiger partial charge is 0.257 e. The number of benzene rings is 2. The highest BCUT2D eigenvalue weighted by atomic mass is 16.5. The molecule has 0 aliphatic rings. The predicted molar refractivity (Wildman–Crippen MR) is 142 cm³/mol. The van der Waals surface area contributed by atoms with E-state index in [2.05, 4.69) is 57.5 Å². The number of nitrogens with one attached hydrogen (secondary N) is 1. The van der Waals surface area contributed by atoms with Gasteiger partial charge < -0.3 is 4.52 Å². The van der Waals surface area contributed by atoms with Crippen molar-refractivity contribution in [1.82, 2.24) is 30.1 Å². The second-order valence-corrected chi connectivity index (χ2v) is 8.72. The van der Waals surface area contributed by atoms with Crippen LogP contribution in [-0.2, 0) is 7.05 Å². The number of carbonyl (C=O) groups is 1. The fourth-order valence-corrected chi connectivity index (χ4v) is 3.47. The molecular weight excluding hydrogens is 452 g/mol. The molecule has 0 saturated heterocycles. The molecule has 1 N–H and O–H groups in total. The SMILES string of the molecule is CCC(=O)c1cnn(C)c1.CCC(C)c1ccc2[nH]ncc2c1.Cc1cccc(-c2nc(C)no2)c1. The molecule has 1 atom stereocenters. The van der Waals surface area contributed by atoms with Gasteiger partial charge in [-0.3, -0.25) is 14.6 Å². The Labute approximate surface area is 211 Å². The average molecular weight is 487 g/mol. The molecule has 8 nitrogen and oxygen atoms in total. The number of aromatic nitrogens is 6. The molecule has 5 aromatic rings. The van der Waals surface area contributed by atoms with Gasteiger partial charge in [-0.2, -0.15) is 15.2 Å². The van der Waals surface area contributed by atoms with Crippen molar-refractivity contribution in [3.63, 3.8) is 0 Å². The molecule has 0 amide bonds. The summed E-state index contributed by atoms with van der Waals surface area (Å²) in [5.41, 5.74) is 5.38. The van der Waals surface area contributed by atoms with Crippen LogP contribution in [0.15, 0.2) is 65.6 Å². The van der Waals surface area contributed by atoms with Crippen molar-refractivity contribution in [1.29, 1.82) is 0 Å². The number of aromatic amines is 1. The van der Waals surface area contributed by atoms with Crippen molar-refractivity contribution in [2.75, 3.05) is 0 Å². The van der Waals surface area contributed by atoms with Gasteiger partial charge in [0.25, 0.3) is 5.89 Å². The Bertz CT molecular complexity index is 1400. The molecule has 3 heterocycles. The van der Waals surface area contributed by atoms with E-state index in [4.69, 9.17) is 4.52 Å². The Morgan fingerprint density at radius 1 is 1.11 bits per heavy atom. The topological polar surface area (TPSA) is 102 Å². The summed E-state index contributed by atoms with van der Waals surface area (Å²) in [6.45, 7) is 10.1. The fraction of sp³-hybridized carbons (Fsp3) is 0.321. The molecule has 0 saturated carbocycles. The van der Waals surface area contributed by atoms with E-state index in [0.29, 0.717) is 29.6 Å². The average Bonchev–Trinajstić information content (AvgIpc) is 3.64. The van der Waals surface area contributed by atoms with Crippen LogP contribution in [0.25, 0.3) is 22.4 Å². The first-order valence-corrected chi connectivity index (χ1v) is 12.1. The van der Waals surface area contributed by atoms with Crippen LogP contribution in [0.5, 0.6) is 0 Å². The van der Waals surface area contributed by atoms with Crippen molar-refractivity contribution in [3.8, 4) is 11.5 Å². The van der Waals surface area contributed by atoms with Crippen LogP contribution in [0.1, 0.15) is 66.8 Å². The summed E-state index contributed by atoms with van der Waals surface area (Å²) in [5, 5.41) is 15.8. The van der Waals surface area contributed by atoms with Gasteiger partial charge in [0, 0.05) is 30.6 Å². The third kappa shape index (κ3) is 7.21. The van der Waals surface area contributed by atoms with Gasteiger partial charge in [0.1, 0.15) is 0 Å². The van der Waals surface area contributed by atoms with E-state index >= 15 is 0 Å². The molecule has 5 rings (SSSR count). The van der Waals surface area contributed by atoms with Gasteiger partial charge in [-0.15, -0.1) is 0 Å². The first-order valence-electron chi connectivity index (χ1n) is 12.1. The number of aryl methyl sites for hydroxylation is 3. The summed E-state index contributed by atoms with van der Waals surface area (Å²) in [6.07, 6.45) is 6.92. The van der Waals surface area contributed by atoms with E-state index in [1.54, 1.807) is 24.1 Å². The van der Waals surface area contributed by atoms with Crippen molar-refractivity contribution in [2.24, 2.45) is 7.05 Å². The first-order chi connectivity index (χ1) is 17.3. The van der Waals surface area contributed by atoms with E-state index in [9.17, 15) is 4.79 Å². The Hall–Kier alpha value is -4.07. The maximum atomic E-state index is 11.0. The summed E-state index contributed by atoms with van der Waals surface area (Å²) in [4.78, 5) is 15.1. The lowest BCUT2D eigenvalue weighted by Crippen LogP contribution is -1.93. The van der Waals surface area contributed by atoms with Gasteiger partial charge in [-0.25, -0.2) is 0 Å². The van der Waals surface area contributed by atoms with Gasteiger partial charge >= 0.3 is 0 Å². The quantitative estimate of drug-likeness (QED) is 0.287. The van der Waals surface area contributed by atoms with Gasteiger partial charge in [0.2, 0.25) is 0 Å². The fourth-order valence-electron chi connectivity index (χ4n) is 3.47. The second-order valence-electron chi connectivity index (χ2n) is 8.72. The van der Waals surface area contributed by atoms with Crippen molar-refractivity contribution in [3.05, 3.63) is 83.6 Å². The lowest BCUT2D eigenvalue weighted by Gasteiger charge is -2.07. The molecule has 0 spiro atoms. The van der Waals surface area contributed by atoms with Crippen LogP contribution in [0.4, 0.5) is 0 Å². The third-order valence-electron chi connectivity index (χ3n) is 5.79. The zero-order valence-corrected chi connectivity index (χ0v) is 21.8. The number of carbonyl (C=O) groups excluding carboxylic acids is 1. The number of rotatable bonds is 5. The highest BCUT2D eigenvalue weighted by molar-refractivity contribution is 5.95. The second kappa shape index (κ2) is 12.6. The molecular formula is C28H34N6O2.